The van der Waals surface area contributed by atoms with Crippen LogP contribution in [0.1, 0.15) is 0 Å². The molecule has 0 aliphatic rings. The molecule has 0 fully saturated rings. The maximum atomic E-state index is 11.4. The molecule has 1 aromatic rings. The van der Waals surface area contributed by atoms with Gasteiger partial charge >= 0.3 is 0 Å². The number of anilines is 1. The van der Waals surface area contributed by atoms with Gasteiger partial charge < -0.3 is 5.32 Å². The lowest BCUT2D eigenvalue weighted by atomic mass is 10.3. The smallest absolute Gasteiger partial charge is 0.274 e. The minimum absolute atomic E-state index is 0.0173. The molecule has 0 aromatic heterocycles. The Balaban J connectivity index is 2.62. The van der Waals surface area contributed by atoms with Gasteiger partial charge in [-0.3, -0.25) is 14.9 Å². The first kappa shape index (κ1) is 12.5. The number of carbonyl (C=O) groups is 1. The van der Waals surface area contributed by atoms with Crippen LogP contribution >= 0.6 is 0 Å². The molecule has 0 radical (unpaired) electrons. The van der Waals surface area contributed by atoms with Crippen molar-refractivity contribution in [2.75, 3.05) is 23.6 Å². The molecular formula is C10H13N2O3S+. The predicted molar refractivity (Wildman–Crippen MR) is 65.8 cm³/mol. The van der Waals surface area contributed by atoms with Gasteiger partial charge in [0.2, 0.25) is 0 Å². The summed E-state index contributed by atoms with van der Waals surface area (Å²) in [5.74, 6) is 0.402. The van der Waals surface area contributed by atoms with Gasteiger partial charge in [0.1, 0.15) is 0 Å². The van der Waals surface area contributed by atoms with Gasteiger partial charge in [-0.1, -0.05) is 0 Å². The number of nitro groups is 1. The lowest BCUT2D eigenvalue weighted by Gasteiger charge is -2.02. The Kier molecular flexibility index (Phi) is 4.30. The zero-order valence-electron chi connectivity index (χ0n) is 9.10. The summed E-state index contributed by atoms with van der Waals surface area (Å²) in [6.07, 6.45) is 3.96. The van der Waals surface area contributed by atoms with E-state index < -0.39 is 4.92 Å². The van der Waals surface area contributed by atoms with Crippen LogP contribution in [-0.4, -0.2) is 29.1 Å². The molecule has 0 spiro atoms. The number of nitrogens with zero attached hydrogens (tertiary/aromatic N) is 1. The maximum absolute atomic E-state index is 11.4. The molecule has 0 aliphatic carbocycles. The predicted octanol–water partition coefficient (Wildman–Crippen LogP) is 1.41. The lowest BCUT2D eigenvalue weighted by Crippen LogP contribution is -2.21. The highest BCUT2D eigenvalue weighted by Gasteiger charge is 2.12. The van der Waals surface area contributed by atoms with E-state index in [0.717, 1.165) is 0 Å². The first-order chi connectivity index (χ1) is 7.49. The highest BCUT2D eigenvalue weighted by molar-refractivity contribution is 7.96. The monoisotopic (exact) mass is 241 g/mol. The van der Waals surface area contributed by atoms with E-state index in [1.807, 2.05) is 12.5 Å². The number of amides is 1. The van der Waals surface area contributed by atoms with Crippen LogP contribution in [0.3, 0.4) is 0 Å². The number of hydrogen-bond acceptors (Lipinski definition) is 3. The molecule has 0 aliphatic heterocycles. The number of benzene rings is 1. The van der Waals surface area contributed by atoms with Crippen LogP contribution < -0.4 is 5.32 Å². The van der Waals surface area contributed by atoms with E-state index in [9.17, 15) is 14.9 Å². The fourth-order valence-corrected chi connectivity index (χ4v) is 1.72. The maximum Gasteiger partial charge on any atom is 0.274 e. The Hall–Kier alpha value is -1.56. The van der Waals surface area contributed by atoms with Gasteiger partial charge in [0.25, 0.3) is 11.6 Å². The topological polar surface area (TPSA) is 72.2 Å². The Bertz CT molecular complexity index is 390. The van der Waals surface area contributed by atoms with Crippen molar-refractivity contribution in [1.82, 2.24) is 0 Å². The lowest BCUT2D eigenvalue weighted by molar-refractivity contribution is -0.384. The molecule has 0 saturated heterocycles. The van der Waals surface area contributed by atoms with Crippen LogP contribution in [0.25, 0.3) is 0 Å². The number of hydrogen-bond donors (Lipinski definition) is 1. The largest absolute Gasteiger partial charge is 0.322 e. The molecule has 6 heteroatoms. The van der Waals surface area contributed by atoms with E-state index in [1.165, 1.54) is 24.3 Å². The van der Waals surface area contributed by atoms with Crippen molar-refractivity contribution in [3.05, 3.63) is 34.4 Å². The van der Waals surface area contributed by atoms with Gasteiger partial charge in [-0.15, -0.1) is 0 Å². The van der Waals surface area contributed by atoms with Crippen LogP contribution in [0.5, 0.6) is 0 Å². The number of rotatable bonds is 4. The van der Waals surface area contributed by atoms with E-state index in [4.69, 9.17) is 0 Å². The number of carbonyl (C=O) groups excluding carboxylic acids is 1. The molecule has 0 unspecified atom stereocenters. The summed E-state index contributed by atoms with van der Waals surface area (Å²) in [5.41, 5.74) is 0.602. The van der Waals surface area contributed by atoms with Crippen molar-refractivity contribution < 1.29 is 9.72 Å². The summed E-state index contributed by atoms with van der Waals surface area (Å²) in [6.45, 7) is 0. The van der Waals surface area contributed by atoms with E-state index in [-0.39, 0.29) is 22.5 Å². The van der Waals surface area contributed by atoms with Gasteiger partial charge in [0, 0.05) is 17.8 Å². The van der Waals surface area contributed by atoms with Crippen molar-refractivity contribution in [2.45, 2.75) is 0 Å². The first-order valence-corrected chi connectivity index (χ1v) is 6.78. The molecule has 0 bridgehead atoms. The molecule has 0 saturated carbocycles. The highest BCUT2D eigenvalue weighted by atomic mass is 32.2. The Morgan fingerprint density at radius 1 is 1.38 bits per heavy atom. The third-order valence-electron chi connectivity index (χ3n) is 1.78. The van der Waals surface area contributed by atoms with Gasteiger partial charge in [0.15, 0.2) is 5.75 Å². The molecule has 1 aromatic carbocycles. The standard InChI is InChI=1S/C10H12N2O3S/c1-16(2)7-10(13)11-8-3-5-9(6-4-8)12(14)15/h3-6H,7H2,1-2H3/p+1. The molecule has 1 amide bonds. The third-order valence-corrected chi connectivity index (χ3v) is 2.62. The van der Waals surface area contributed by atoms with Crippen molar-refractivity contribution in [3.63, 3.8) is 0 Å². The third kappa shape index (κ3) is 3.90. The highest BCUT2D eigenvalue weighted by Crippen LogP contribution is 2.15. The molecule has 16 heavy (non-hydrogen) atoms. The summed E-state index contributed by atoms with van der Waals surface area (Å²) < 4.78 is 0. The zero-order valence-corrected chi connectivity index (χ0v) is 9.91. The number of non-ortho nitro benzene ring substituents is 1. The van der Waals surface area contributed by atoms with E-state index in [2.05, 4.69) is 5.32 Å². The molecular weight excluding hydrogens is 228 g/mol. The summed E-state index contributed by atoms with van der Waals surface area (Å²) >= 11 is 0. The van der Waals surface area contributed by atoms with Crippen LogP contribution in [-0.2, 0) is 15.7 Å². The summed E-state index contributed by atoms with van der Waals surface area (Å²) in [4.78, 5) is 21.3. The normalized spacial score (nSPS) is 10.2. The summed E-state index contributed by atoms with van der Waals surface area (Å²) in [6, 6.07) is 5.79. The second-order valence-corrected chi connectivity index (χ2v) is 5.74. The number of nitrogens with one attached hydrogen (secondary N) is 1. The molecule has 1 rings (SSSR count). The Labute approximate surface area is 96.3 Å². The van der Waals surface area contributed by atoms with Gasteiger partial charge in [-0.25, -0.2) is 0 Å². The van der Waals surface area contributed by atoms with Gasteiger partial charge in [-0.2, -0.15) is 0 Å². The molecule has 0 atom stereocenters. The van der Waals surface area contributed by atoms with Crippen molar-refractivity contribution >= 4 is 28.2 Å². The molecule has 1 N–H and O–H groups in total. The average Bonchev–Trinajstić information content (AvgIpc) is 2.16. The number of nitro benzene ring substituents is 1. The quantitative estimate of drug-likeness (QED) is 0.492. The second-order valence-electron chi connectivity index (χ2n) is 3.48. The average molecular weight is 241 g/mol. The minimum atomic E-state index is -0.471. The van der Waals surface area contributed by atoms with Gasteiger partial charge in [0.05, 0.1) is 17.4 Å². The molecule has 0 heterocycles. The van der Waals surface area contributed by atoms with Crippen molar-refractivity contribution in [2.24, 2.45) is 0 Å². The second kappa shape index (κ2) is 5.50. The first-order valence-electron chi connectivity index (χ1n) is 4.57. The van der Waals surface area contributed by atoms with Crippen LogP contribution in [0.15, 0.2) is 24.3 Å². The molecule has 86 valence electrons. The van der Waals surface area contributed by atoms with Gasteiger partial charge in [-0.05, 0) is 23.0 Å². The van der Waals surface area contributed by atoms with Crippen LogP contribution in [0.4, 0.5) is 11.4 Å². The van der Waals surface area contributed by atoms with Crippen LogP contribution in [0.2, 0.25) is 0 Å². The van der Waals surface area contributed by atoms with Crippen molar-refractivity contribution in [3.8, 4) is 0 Å². The Morgan fingerprint density at radius 2 is 1.94 bits per heavy atom. The fourth-order valence-electron chi connectivity index (χ4n) is 1.13. The zero-order chi connectivity index (χ0) is 12.1. The summed E-state index contributed by atoms with van der Waals surface area (Å²) in [7, 11) is 0.0487. The molecule has 5 nitrogen and oxygen atoms in total. The van der Waals surface area contributed by atoms with E-state index in [0.29, 0.717) is 11.4 Å². The van der Waals surface area contributed by atoms with Crippen molar-refractivity contribution in [1.29, 1.82) is 0 Å². The Morgan fingerprint density at radius 3 is 2.38 bits per heavy atom. The SMILES string of the molecule is C[S+](C)CC(=O)Nc1ccc([N+](=O)[O-])cc1. The van der Waals surface area contributed by atoms with E-state index >= 15 is 0 Å². The summed E-state index contributed by atoms with van der Waals surface area (Å²) in [5, 5.41) is 13.1. The van der Waals surface area contributed by atoms with E-state index in [1.54, 1.807) is 0 Å². The minimum Gasteiger partial charge on any atom is -0.322 e. The van der Waals surface area contributed by atoms with Crippen LogP contribution in [0, 0.1) is 10.1 Å². The fraction of sp³-hybridized carbons (Fsp3) is 0.300.